The minimum absolute atomic E-state index is 0.0197. The fourth-order valence-electron chi connectivity index (χ4n) is 1.62. The van der Waals surface area contributed by atoms with Gasteiger partial charge in [-0.15, -0.1) is 0 Å². The zero-order valence-electron chi connectivity index (χ0n) is 9.25. The molecule has 1 aromatic heterocycles. The molecule has 0 spiro atoms. The normalized spacial score (nSPS) is 14.1. The average Bonchev–Trinajstić information content (AvgIpc) is 2.42. The molecule has 0 fully saturated rings. The van der Waals surface area contributed by atoms with Crippen LogP contribution in [-0.2, 0) is 13.0 Å². The van der Waals surface area contributed by atoms with Gasteiger partial charge >= 0.3 is 6.18 Å². The van der Waals surface area contributed by atoms with E-state index in [1.807, 2.05) is 6.92 Å². The van der Waals surface area contributed by atoms with E-state index in [4.69, 9.17) is 0 Å². The highest BCUT2D eigenvalue weighted by Crippen LogP contribution is 2.23. The van der Waals surface area contributed by atoms with Crippen molar-refractivity contribution in [1.29, 1.82) is 0 Å². The van der Waals surface area contributed by atoms with Gasteiger partial charge in [-0.1, -0.05) is 0 Å². The van der Waals surface area contributed by atoms with Gasteiger partial charge in [0, 0.05) is 18.7 Å². The van der Waals surface area contributed by atoms with E-state index in [0.29, 0.717) is 12.2 Å². The number of aromatic nitrogens is 2. The Labute approximate surface area is 91.9 Å². The van der Waals surface area contributed by atoms with Crippen molar-refractivity contribution < 1.29 is 18.3 Å². The molecular formula is C10H15F3N2O. The maximum absolute atomic E-state index is 12.0. The van der Waals surface area contributed by atoms with E-state index in [1.54, 1.807) is 17.7 Å². The first-order valence-electron chi connectivity index (χ1n) is 5.10. The van der Waals surface area contributed by atoms with Crippen molar-refractivity contribution in [3.05, 3.63) is 17.5 Å². The van der Waals surface area contributed by atoms with Crippen molar-refractivity contribution in [3.8, 4) is 0 Å². The van der Waals surface area contributed by atoms with Crippen molar-refractivity contribution in [3.63, 3.8) is 0 Å². The topological polar surface area (TPSA) is 38.0 Å². The molecule has 1 N–H and O–H groups in total. The first-order chi connectivity index (χ1) is 7.31. The second kappa shape index (κ2) is 4.86. The van der Waals surface area contributed by atoms with Gasteiger partial charge in [-0.25, -0.2) is 0 Å². The summed E-state index contributed by atoms with van der Waals surface area (Å²) in [5.74, 6) is 0. The molecule has 0 saturated heterocycles. The molecule has 0 aliphatic heterocycles. The molecule has 1 rings (SSSR count). The van der Waals surface area contributed by atoms with Crippen LogP contribution < -0.4 is 0 Å². The molecule has 0 aliphatic carbocycles. The van der Waals surface area contributed by atoms with Gasteiger partial charge in [0.05, 0.1) is 18.2 Å². The quantitative estimate of drug-likeness (QED) is 0.869. The number of aryl methyl sites for hydroxylation is 2. The second-order valence-electron chi connectivity index (χ2n) is 3.77. The van der Waals surface area contributed by atoms with E-state index in [1.165, 1.54) is 0 Å². The highest BCUT2D eigenvalue weighted by Gasteiger charge is 2.31. The van der Waals surface area contributed by atoms with E-state index < -0.39 is 18.7 Å². The lowest BCUT2D eigenvalue weighted by Crippen LogP contribution is -2.22. The van der Waals surface area contributed by atoms with Crippen LogP contribution in [-0.4, -0.2) is 27.2 Å². The van der Waals surface area contributed by atoms with Gasteiger partial charge in [0.15, 0.2) is 0 Å². The van der Waals surface area contributed by atoms with Crippen LogP contribution in [0.4, 0.5) is 13.2 Å². The largest absolute Gasteiger partial charge is 0.392 e. The summed E-state index contributed by atoms with van der Waals surface area (Å²) in [7, 11) is 0. The molecule has 0 bridgehead atoms. The fraction of sp³-hybridized carbons (Fsp3) is 0.700. The molecule has 16 heavy (non-hydrogen) atoms. The third kappa shape index (κ3) is 3.84. The lowest BCUT2D eigenvalue weighted by atomic mass is 10.1. The predicted molar refractivity (Wildman–Crippen MR) is 53.0 cm³/mol. The van der Waals surface area contributed by atoms with Gasteiger partial charge in [-0.2, -0.15) is 18.3 Å². The molecule has 1 unspecified atom stereocenters. The van der Waals surface area contributed by atoms with Crippen LogP contribution >= 0.6 is 0 Å². The average molecular weight is 236 g/mol. The summed E-state index contributed by atoms with van der Waals surface area (Å²) in [5.41, 5.74) is 1.38. The van der Waals surface area contributed by atoms with E-state index in [0.717, 1.165) is 5.69 Å². The maximum atomic E-state index is 12.0. The minimum Gasteiger partial charge on any atom is -0.392 e. The number of halogens is 3. The Bertz CT molecular complexity index is 346. The zero-order valence-corrected chi connectivity index (χ0v) is 9.25. The Balaban J connectivity index is 2.65. The predicted octanol–water partition coefficient (Wildman–Crippen LogP) is 2.07. The van der Waals surface area contributed by atoms with Crippen LogP contribution in [0.25, 0.3) is 0 Å². The minimum atomic E-state index is -4.33. The van der Waals surface area contributed by atoms with Crippen LogP contribution in [0, 0.1) is 6.92 Å². The summed E-state index contributed by atoms with van der Waals surface area (Å²) in [6, 6.07) is 1.70. The summed E-state index contributed by atoms with van der Waals surface area (Å²) in [6.07, 6.45) is -6.93. The molecule has 0 saturated carbocycles. The Morgan fingerprint density at radius 2 is 2.12 bits per heavy atom. The first kappa shape index (κ1) is 13.0. The van der Waals surface area contributed by atoms with Crippen LogP contribution in [0.3, 0.4) is 0 Å². The number of hydrogen-bond acceptors (Lipinski definition) is 2. The molecule has 0 amide bonds. The molecule has 6 heteroatoms. The lowest BCUT2D eigenvalue weighted by molar-refractivity contribution is -0.153. The number of alkyl halides is 3. The van der Waals surface area contributed by atoms with Crippen LogP contribution in [0.2, 0.25) is 0 Å². The summed E-state index contributed by atoms with van der Waals surface area (Å²) in [6.45, 7) is 4.21. The molecule has 3 nitrogen and oxygen atoms in total. The van der Waals surface area contributed by atoms with Crippen molar-refractivity contribution >= 4 is 0 Å². The Morgan fingerprint density at radius 3 is 2.62 bits per heavy atom. The highest BCUT2D eigenvalue weighted by atomic mass is 19.4. The van der Waals surface area contributed by atoms with Gasteiger partial charge < -0.3 is 5.11 Å². The number of aliphatic hydroxyl groups excluding tert-OH is 1. The van der Waals surface area contributed by atoms with E-state index >= 15 is 0 Å². The molecule has 0 aliphatic rings. The number of aliphatic hydroxyl groups is 1. The van der Waals surface area contributed by atoms with Crippen molar-refractivity contribution in [2.75, 3.05) is 0 Å². The molecule has 1 aromatic rings. The highest BCUT2D eigenvalue weighted by molar-refractivity contribution is 5.10. The van der Waals surface area contributed by atoms with E-state index in [9.17, 15) is 18.3 Å². The van der Waals surface area contributed by atoms with Crippen molar-refractivity contribution in [2.24, 2.45) is 0 Å². The lowest BCUT2D eigenvalue weighted by Gasteiger charge is -2.13. The van der Waals surface area contributed by atoms with Gasteiger partial charge in [-0.05, 0) is 19.9 Å². The summed E-state index contributed by atoms with van der Waals surface area (Å²) < 4.78 is 37.6. The standard InChI is InChI=1S/C10H15F3N2O/c1-3-15-8(4-7(2)14-15)5-9(16)6-10(11,12)13/h4,9,16H,3,5-6H2,1-2H3. The SMILES string of the molecule is CCn1nc(C)cc1CC(O)CC(F)(F)F. The first-order valence-corrected chi connectivity index (χ1v) is 5.10. The van der Waals surface area contributed by atoms with Crippen molar-refractivity contribution in [2.45, 2.75) is 45.5 Å². The van der Waals surface area contributed by atoms with Crippen LogP contribution in [0.5, 0.6) is 0 Å². The molecular weight excluding hydrogens is 221 g/mol. The Morgan fingerprint density at radius 1 is 1.50 bits per heavy atom. The zero-order chi connectivity index (χ0) is 12.3. The van der Waals surface area contributed by atoms with Gasteiger partial charge in [0.2, 0.25) is 0 Å². The van der Waals surface area contributed by atoms with Gasteiger partial charge in [-0.3, -0.25) is 4.68 Å². The molecule has 1 atom stereocenters. The summed E-state index contributed by atoms with van der Waals surface area (Å²) in [4.78, 5) is 0. The monoisotopic (exact) mass is 236 g/mol. The number of hydrogen-bond donors (Lipinski definition) is 1. The van der Waals surface area contributed by atoms with Crippen LogP contribution in [0.1, 0.15) is 24.7 Å². The van der Waals surface area contributed by atoms with Gasteiger partial charge in [0.25, 0.3) is 0 Å². The summed E-state index contributed by atoms with van der Waals surface area (Å²) in [5, 5.41) is 13.4. The fourth-order valence-corrected chi connectivity index (χ4v) is 1.62. The second-order valence-corrected chi connectivity index (χ2v) is 3.77. The number of nitrogens with zero attached hydrogens (tertiary/aromatic N) is 2. The smallest absolute Gasteiger partial charge is 0.391 e. The molecule has 0 radical (unpaired) electrons. The maximum Gasteiger partial charge on any atom is 0.391 e. The van der Waals surface area contributed by atoms with E-state index in [-0.39, 0.29) is 6.42 Å². The molecule has 1 heterocycles. The van der Waals surface area contributed by atoms with Gasteiger partial charge in [0.1, 0.15) is 0 Å². The molecule has 0 aromatic carbocycles. The van der Waals surface area contributed by atoms with Crippen molar-refractivity contribution in [1.82, 2.24) is 9.78 Å². The number of rotatable bonds is 4. The third-order valence-electron chi connectivity index (χ3n) is 2.20. The summed E-state index contributed by atoms with van der Waals surface area (Å²) >= 11 is 0. The third-order valence-corrected chi connectivity index (χ3v) is 2.20. The Hall–Kier alpha value is -1.04. The van der Waals surface area contributed by atoms with E-state index in [2.05, 4.69) is 5.10 Å². The Kier molecular flexibility index (Phi) is 3.96. The van der Waals surface area contributed by atoms with Crippen LogP contribution in [0.15, 0.2) is 6.07 Å². The molecule has 92 valence electrons.